The van der Waals surface area contributed by atoms with E-state index >= 15 is 0 Å². The average molecular weight is 555 g/mol. The molecule has 0 aromatic heterocycles. The molecule has 3 N–H and O–H groups in total. The molecule has 3 aromatic rings. The van der Waals surface area contributed by atoms with Gasteiger partial charge in [-0.05, 0) is 65.2 Å². The summed E-state index contributed by atoms with van der Waals surface area (Å²) in [7, 11) is 0. The van der Waals surface area contributed by atoms with Crippen LogP contribution < -0.4 is 15.6 Å². The molecule has 3 aromatic carbocycles. The Bertz CT molecular complexity index is 1400. The molecule has 0 radical (unpaired) electrons. The van der Waals surface area contributed by atoms with E-state index in [1.807, 2.05) is 78.9 Å². The van der Waals surface area contributed by atoms with Crippen LogP contribution in [0.1, 0.15) is 47.6 Å². The van der Waals surface area contributed by atoms with Crippen molar-refractivity contribution in [3.63, 3.8) is 0 Å². The molecule has 10 heteroatoms. The van der Waals surface area contributed by atoms with Crippen molar-refractivity contribution in [1.29, 1.82) is 0 Å². The number of rotatable bonds is 14. The van der Waals surface area contributed by atoms with Crippen LogP contribution in [0.3, 0.4) is 0 Å². The first-order valence-electron chi connectivity index (χ1n) is 13.9. The first-order valence-corrected chi connectivity index (χ1v) is 13.9. The smallest absolute Gasteiger partial charge is 0.266 e. The minimum Gasteiger partial charge on any atom is -0.494 e. The number of aliphatic hydroxyl groups is 1. The summed E-state index contributed by atoms with van der Waals surface area (Å²) in [5.41, 5.74) is 16.8. The zero-order valence-corrected chi connectivity index (χ0v) is 22.8. The van der Waals surface area contributed by atoms with Gasteiger partial charge in [0.1, 0.15) is 5.75 Å². The van der Waals surface area contributed by atoms with E-state index < -0.39 is 11.6 Å². The lowest BCUT2D eigenvalue weighted by molar-refractivity contribution is -0.130. The predicted molar refractivity (Wildman–Crippen MR) is 155 cm³/mol. The lowest BCUT2D eigenvalue weighted by atomic mass is 9.81. The Balaban J connectivity index is 1.55. The number of hydrazine groups is 1. The first kappa shape index (κ1) is 28.2. The van der Waals surface area contributed by atoms with Crippen LogP contribution in [0.2, 0.25) is 0 Å². The SMILES string of the molecule is [N-]=[N+]=NCc1ccccc1[C@@H]1OC(c2ccc(OCCCO)cc2)=N[C@]1(Cc1ccccc1)C(=O)NNCC1CC1. The number of carbonyl (C=O) groups excluding carboxylic acids is 1. The molecule has 0 spiro atoms. The van der Waals surface area contributed by atoms with Crippen molar-refractivity contribution in [3.05, 3.63) is 112 Å². The Hall–Kier alpha value is -4.37. The number of nitrogens with one attached hydrogen (secondary N) is 2. The third kappa shape index (κ3) is 6.86. The number of ether oxygens (including phenoxy) is 2. The molecule has 2 aliphatic rings. The van der Waals surface area contributed by atoms with Gasteiger partial charge in [0.2, 0.25) is 5.90 Å². The Labute approximate surface area is 239 Å². The fourth-order valence-electron chi connectivity index (χ4n) is 4.91. The monoisotopic (exact) mass is 554 g/mol. The van der Waals surface area contributed by atoms with E-state index in [1.54, 1.807) is 0 Å². The zero-order valence-electron chi connectivity index (χ0n) is 22.8. The number of aliphatic hydroxyl groups excluding tert-OH is 1. The summed E-state index contributed by atoms with van der Waals surface area (Å²) in [5.74, 6) is 1.26. The molecule has 1 aliphatic carbocycles. The molecule has 0 bridgehead atoms. The fraction of sp³-hybridized carbons (Fsp3) is 0.355. The van der Waals surface area contributed by atoms with Crippen molar-refractivity contribution < 1.29 is 19.4 Å². The van der Waals surface area contributed by atoms with E-state index in [2.05, 4.69) is 20.9 Å². The molecule has 10 nitrogen and oxygen atoms in total. The van der Waals surface area contributed by atoms with Gasteiger partial charge in [-0.15, -0.1) is 0 Å². The lowest BCUT2D eigenvalue weighted by Crippen LogP contribution is -2.54. The quantitative estimate of drug-likeness (QED) is 0.0864. The van der Waals surface area contributed by atoms with Gasteiger partial charge in [-0.2, -0.15) is 0 Å². The van der Waals surface area contributed by atoms with Crippen LogP contribution in [0, 0.1) is 5.92 Å². The molecule has 5 rings (SSSR count). The molecule has 212 valence electrons. The summed E-state index contributed by atoms with van der Waals surface area (Å²) < 4.78 is 12.3. The normalized spacial score (nSPS) is 19.5. The van der Waals surface area contributed by atoms with Crippen molar-refractivity contribution in [2.24, 2.45) is 16.0 Å². The second-order valence-electron chi connectivity index (χ2n) is 10.3. The van der Waals surface area contributed by atoms with Crippen LogP contribution in [0.25, 0.3) is 10.4 Å². The predicted octanol–water partition coefficient (Wildman–Crippen LogP) is 4.79. The molecular formula is C31H34N6O4. The molecule has 1 amide bonds. The maximum atomic E-state index is 14.2. The van der Waals surface area contributed by atoms with E-state index in [0.717, 1.165) is 29.5 Å². The molecule has 1 aliphatic heterocycles. The molecule has 1 saturated carbocycles. The number of carbonyl (C=O) groups is 1. The highest BCUT2D eigenvalue weighted by molar-refractivity contribution is 6.01. The summed E-state index contributed by atoms with van der Waals surface area (Å²) in [4.78, 5) is 22.2. The van der Waals surface area contributed by atoms with E-state index in [0.29, 0.717) is 42.7 Å². The van der Waals surface area contributed by atoms with Crippen molar-refractivity contribution in [2.45, 2.75) is 43.9 Å². The highest BCUT2D eigenvalue weighted by atomic mass is 16.5. The molecule has 2 atom stereocenters. The molecule has 41 heavy (non-hydrogen) atoms. The number of hydrogen-bond acceptors (Lipinski definition) is 7. The minimum atomic E-state index is -1.35. The summed E-state index contributed by atoms with van der Waals surface area (Å²) in [6, 6.07) is 24.6. The Kier molecular flexibility index (Phi) is 9.15. The maximum Gasteiger partial charge on any atom is 0.266 e. The van der Waals surface area contributed by atoms with Gasteiger partial charge in [0, 0.05) is 36.5 Å². The number of nitrogens with zero attached hydrogens (tertiary/aromatic N) is 4. The van der Waals surface area contributed by atoms with E-state index in [1.165, 1.54) is 0 Å². The lowest BCUT2D eigenvalue weighted by Gasteiger charge is -2.31. The number of amides is 1. The Morgan fingerprint density at radius 3 is 2.59 bits per heavy atom. The van der Waals surface area contributed by atoms with Crippen LogP contribution >= 0.6 is 0 Å². The van der Waals surface area contributed by atoms with Gasteiger partial charge < -0.3 is 14.6 Å². The molecular weight excluding hydrogens is 520 g/mol. The molecule has 1 fully saturated rings. The highest BCUT2D eigenvalue weighted by Gasteiger charge is 2.54. The van der Waals surface area contributed by atoms with E-state index in [4.69, 9.17) is 25.1 Å². The number of hydrogen-bond donors (Lipinski definition) is 3. The van der Waals surface area contributed by atoms with Crippen LogP contribution in [0.4, 0.5) is 0 Å². The second kappa shape index (κ2) is 13.3. The van der Waals surface area contributed by atoms with Crippen LogP contribution in [-0.4, -0.2) is 42.2 Å². The van der Waals surface area contributed by atoms with Gasteiger partial charge in [0.25, 0.3) is 5.91 Å². The van der Waals surface area contributed by atoms with Crippen molar-refractivity contribution in [1.82, 2.24) is 10.9 Å². The number of benzene rings is 3. The Morgan fingerprint density at radius 1 is 1.10 bits per heavy atom. The number of aliphatic imine (C=N–C) groups is 1. The summed E-state index contributed by atoms with van der Waals surface area (Å²) in [6.07, 6.45) is 2.35. The molecule has 1 heterocycles. The fourth-order valence-corrected chi connectivity index (χ4v) is 4.91. The number of azide groups is 1. The summed E-state index contributed by atoms with van der Waals surface area (Å²) >= 11 is 0. The van der Waals surface area contributed by atoms with E-state index in [9.17, 15) is 4.79 Å². The van der Waals surface area contributed by atoms with Crippen molar-refractivity contribution in [2.75, 3.05) is 19.8 Å². The van der Waals surface area contributed by atoms with Crippen LogP contribution in [0.5, 0.6) is 5.75 Å². The topological polar surface area (TPSA) is 141 Å². The van der Waals surface area contributed by atoms with Crippen molar-refractivity contribution >= 4 is 11.8 Å². The standard InChI is InChI=1S/C31H34N6O4/c32-37-34-21-25-9-4-5-10-27(25)28-31(19-22-7-2-1-3-8-22,30(39)36-33-20-23-11-12-23)35-29(41-28)24-13-15-26(16-14-24)40-18-6-17-38/h1-5,7-10,13-16,23,28,33,38H,6,11-12,17-21H2,(H,36,39)/t28-,31-/m0/s1. The second-order valence-corrected chi connectivity index (χ2v) is 10.3. The van der Waals surface area contributed by atoms with Gasteiger partial charge >= 0.3 is 0 Å². The van der Waals surface area contributed by atoms with Crippen LogP contribution in [-0.2, 0) is 22.5 Å². The third-order valence-electron chi connectivity index (χ3n) is 7.28. The van der Waals surface area contributed by atoms with Gasteiger partial charge in [-0.3, -0.25) is 10.2 Å². The minimum absolute atomic E-state index is 0.0618. The van der Waals surface area contributed by atoms with Gasteiger partial charge in [-0.1, -0.05) is 59.7 Å². The third-order valence-corrected chi connectivity index (χ3v) is 7.28. The van der Waals surface area contributed by atoms with Crippen molar-refractivity contribution in [3.8, 4) is 5.75 Å². The van der Waals surface area contributed by atoms with E-state index in [-0.39, 0.29) is 25.5 Å². The summed E-state index contributed by atoms with van der Waals surface area (Å²) in [5, 5.41) is 12.8. The van der Waals surface area contributed by atoms with Gasteiger partial charge in [-0.25, -0.2) is 10.4 Å². The van der Waals surface area contributed by atoms with Gasteiger partial charge in [0.05, 0.1) is 13.2 Å². The highest BCUT2D eigenvalue weighted by Crippen LogP contribution is 2.43. The summed E-state index contributed by atoms with van der Waals surface area (Å²) in [6.45, 7) is 1.28. The largest absolute Gasteiger partial charge is 0.494 e. The Morgan fingerprint density at radius 2 is 1.85 bits per heavy atom. The zero-order chi connectivity index (χ0) is 28.5. The van der Waals surface area contributed by atoms with Crippen LogP contribution in [0.15, 0.2) is 89.0 Å². The maximum absolute atomic E-state index is 14.2. The average Bonchev–Trinajstić information content (AvgIpc) is 3.76. The molecule has 0 saturated heterocycles. The molecule has 0 unspecified atom stereocenters. The first-order chi connectivity index (χ1) is 20.1. The van der Waals surface area contributed by atoms with Gasteiger partial charge in [0.15, 0.2) is 11.6 Å².